The van der Waals surface area contributed by atoms with Gasteiger partial charge in [0, 0.05) is 24.2 Å². The van der Waals surface area contributed by atoms with Crippen molar-refractivity contribution in [2.75, 3.05) is 21.1 Å². The van der Waals surface area contributed by atoms with Crippen LogP contribution in [0.15, 0.2) is 61.1 Å². The molecule has 2 heterocycles. The van der Waals surface area contributed by atoms with Gasteiger partial charge in [0.1, 0.15) is 12.2 Å². The third-order valence-electron chi connectivity index (χ3n) is 3.41. The molecule has 120 valence electrons. The second-order valence-electron chi connectivity index (χ2n) is 6.47. The van der Waals surface area contributed by atoms with Gasteiger partial charge in [0.15, 0.2) is 0 Å². The van der Waals surface area contributed by atoms with Crippen molar-refractivity contribution >= 4 is 0 Å². The molecule has 0 saturated carbocycles. The molecule has 0 radical (unpaired) electrons. The molecule has 5 heteroatoms. The van der Waals surface area contributed by atoms with Gasteiger partial charge in [-0.25, -0.2) is 4.68 Å². The minimum absolute atomic E-state index is 0. The molecule has 23 heavy (non-hydrogen) atoms. The maximum absolute atomic E-state index is 4.81. The average Bonchev–Trinajstić information content (AvgIpc) is 2.91. The number of hydrogen-bond donors (Lipinski definition) is 0. The zero-order valence-electron chi connectivity index (χ0n) is 13.6. The van der Waals surface area contributed by atoms with Crippen LogP contribution in [-0.2, 0) is 6.54 Å². The van der Waals surface area contributed by atoms with Crippen molar-refractivity contribution in [2.24, 2.45) is 0 Å². The Labute approximate surface area is 154 Å². The van der Waals surface area contributed by atoms with Gasteiger partial charge in [0.25, 0.3) is 0 Å². The van der Waals surface area contributed by atoms with Gasteiger partial charge >= 0.3 is 0 Å². The van der Waals surface area contributed by atoms with E-state index in [2.05, 4.69) is 44.5 Å². The molecule has 4 nitrogen and oxygen atoms in total. The van der Waals surface area contributed by atoms with Crippen molar-refractivity contribution in [3.63, 3.8) is 0 Å². The lowest BCUT2D eigenvalue weighted by Crippen LogP contribution is -3.00. The van der Waals surface area contributed by atoms with Crippen LogP contribution in [0.2, 0.25) is 0 Å². The lowest BCUT2D eigenvalue weighted by molar-refractivity contribution is -0.883. The number of aromatic nitrogens is 3. The van der Waals surface area contributed by atoms with Crippen molar-refractivity contribution in [3.8, 4) is 16.9 Å². The first-order valence-corrected chi connectivity index (χ1v) is 7.38. The molecular formula is C18H21IN4. The average molecular weight is 420 g/mol. The van der Waals surface area contributed by atoms with Crippen LogP contribution >= 0.6 is 0 Å². The van der Waals surface area contributed by atoms with Crippen LogP contribution in [0.1, 0.15) is 5.56 Å². The summed E-state index contributed by atoms with van der Waals surface area (Å²) in [5.41, 5.74) is 4.44. The summed E-state index contributed by atoms with van der Waals surface area (Å²) >= 11 is 0. The zero-order chi connectivity index (χ0) is 15.6. The van der Waals surface area contributed by atoms with E-state index in [0.717, 1.165) is 28.0 Å². The van der Waals surface area contributed by atoms with Gasteiger partial charge in [-0.2, -0.15) is 5.10 Å². The number of rotatable bonds is 4. The molecule has 1 aromatic carbocycles. The Morgan fingerprint density at radius 2 is 1.61 bits per heavy atom. The molecule has 0 aliphatic carbocycles. The monoisotopic (exact) mass is 420 g/mol. The van der Waals surface area contributed by atoms with Gasteiger partial charge in [-0.15, -0.1) is 0 Å². The van der Waals surface area contributed by atoms with Crippen molar-refractivity contribution < 1.29 is 28.5 Å². The first kappa shape index (κ1) is 17.6. The molecule has 0 N–H and O–H groups in total. The van der Waals surface area contributed by atoms with Gasteiger partial charge in [0.2, 0.25) is 0 Å². The highest BCUT2D eigenvalue weighted by Crippen LogP contribution is 2.25. The third-order valence-corrected chi connectivity index (χ3v) is 3.41. The van der Waals surface area contributed by atoms with Crippen LogP contribution in [0, 0.1) is 0 Å². The van der Waals surface area contributed by atoms with Gasteiger partial charge in [-0.1, -0.05) is 18.2 Å². The minimum atomic E-state index is 0. The molecule has 0 unspecified atom stereocenters. The summed E-state index contributed by atoms with van der Waals surface area (Å²) in [5, 5.41) is 4.81. The molecule has 2 aromatic heterocycles. The maximum atomic E-state index is 4.81. The number of halogens is 1. The van der Waals surface area contributed by atoms with E-state index in [4.69, 9.17) is 5.10 Å². The molecule has 0 saturated heterocycles. The van der Waals surface area contributed by atoms with E-state index >= 15 is 0 Å². The lowest BCUT2D eigenvalue weighted by atomic mass is 10.1. The van der Waals surface area contributed by atoms with Crippen molar-refractivity contribution in [1.29, 1.82) is 0 Å². The van der Waals surface area contributed by atoms with Gasteiger partial charge in [-0.3, -0.25) is 4.98 Å². The standard InChI is InChI=1S/C18H21N4.HI/c1-22(2,3)14-16-13-21(17-7-5-4-6-8-17)20-18(16)15-9-11-19-12-10-15;/h4-13H,14H2,1-3H3;1H/q+1;/p-1. The summed E-state index contributed by atoms with van der Waals surface area (Å²) in [7, 11) is 6.57. The highest BCUT2D eigenvalue weighted by atomic mass is 127. The Kier molecular flexibility index (Phi) is 5.54. The molecule has 0 bridgehead atoms. The molecule has 0 atom stereocenters. The van der Waals surface area contributed by atoms with E-state index in [1.165, 1.54) is 5.56 Å². The van der Waals surface area contributed by atoms with E-state index < -0.39 is 0 Å². The van der Waals surface area contributed by atoms with E-state index in [1.807, 2.05) is 47.4 Å². The zero-order valence-corrected chi connectivity index (χ0v) is 15.8. The fourth-order valence-electron chi connectivity index (χ4n) is 2.50. The van der Waals surface area contributed by atoms with Crippen LogP contribution in [0.25, 0.3) is 16.9 Å². The second-order valence-corrected chi connectivity index (χ2v) is 6.47. The highest BCUT2D eigenvalue weighted by molar-refractivity contribution is 5.62. The van der Waals surface area contributed by atoms with Gasteiger partial charge in [-0.05, 0) is 24.3 Å². The lowest BCUT2D eigenvalue weighted by Gasteiger charge is -2.23. The summed E-state index contributed by atoms with van der Waals surface area (Å²) in [5.74, 6) is 0. The summed E-state index contributed by atoms with van der Waals surface area (Å²) in [4.78, 5) is 4.10. The number of pyridine rings is 1. The maximum Gasteiger partial charge on any atom is 0.107 e. The van der Waals surface area contributed by atoms with Crippen LogP contribution in [0.3, 0.4) is 0 Å². The molecule has 0 aliphatic rings. The topological polar surface area (TPSA) is 30.7 Å². The summed E-state index contributed by atoms with van der Waals surface area (Å²) in [6.45, 7) is 0.921. The number of hydrogen-bond acceptors (Lipinski definition) is 2. The Morgan fingerprint density at radius 3 is 2.22 bits per heavy atom. The largest absolute Gasteiger partial charge is 1.00 e. The number of para-hydroxylation sites is 1. The quantitative estimate of drug-likeness (QED) is 0.445. The highest BCUT2D eigenvalue weighted by Gasteiger charge is 2.18. The molecule has 0 amide bonds. The summed E-state index contributed by atoms with van der Waals surface area (Å²) < 4.78 is 2.82. The Hall–Kier alpha value is -1.73. The first-order chi connectivity index (χ1) is 10.5. The Balaban J connectivity index is 0.00000192. The Bertz CT molecular complexity index is 746. The van der Waals surface area contributed by atoms with Crippen LogP contribution < -0.4 is 24.0 Å². The third kappa shape index (κ3) is 4.39. The van der Waals surface area contributed by atoms with E-state index in [9.17, 15) is 0 Å². The fourth-order valence-corrected chi connectivity index (χ4v) is 2.50. The minimum Gasteiger partial charge on any atom is -1.00 e. The van der Waals surface area contributed by atoms with Gasteiger partial charge < -0.3 is 28.5 Å². The van der Waals surface area contributed by atoms with Crippen LogP contribution in [0.4, 0.5) is 0 Å². The Morgan fingerprint density at radius 1 is 0.957 bits per heavy atom. The number of benzene rings is 1. The normalized spacial score (nSPS) is 11.1. The molecule has 3 rings (SSSR count). The molecular weight excluding hydrogens is 399 g/mol. The van der Waals surface area contributed by atoms with E-state index in [1.54, 1.807) is 0 Å². The van der Waals surface area contributed by atoms with Crippen molar-refractivity contribution in [3.05, 3.63) is 66.6 Å². The first-order valence-electron chi connectivity index (χ1n) is 7.38. The smallest absolute Gasteiger partial charge is 0.107 e. The van der Waals surface area contributed by atoms with Crippen molar-refractivity contribution in [2.45, 2.75) is 6.54 Å². The number of quaternary nitrogens is 1. The van der Waals surface area contributed by atoms with Gasteiger partial charge in [0.05, 0.1) is 32.4 Å². The van der Waals surface area contributed by atoms with Crippen LogP contribution in [-0.4, -0.2) is 40.4 Å². The molecule has 0 spiro atoms. The van der Waals surface area contributed by atoms with Crippen molar-refractivity contribution in [1.82, 2.24) is 14.8 Å². The summed E-state index contributed by atoms with van der Waals surface area (Å²) in [6, 6.07) is 14.2. The fraction of sp³-hybridized carbons (Fsp3) is 0.222. The van der Waals surface area contributed by atoms with E-state index in [0.29, 0.717) is 0 Å². The molecule has 3 aromatic rings. The predicted molar refractivity (Wildman–Crippen MR) is 88.5 cm³/mol. The molecule has 0 fully saturated rings. The predicted octanol–water partition coefficient (Wildman–Crippen LogP) is 0.145. The van der Waals surface area contributed by atoms with Crippen LogP contribution in [0.5, 0.6) is 0 Å². The number of nitrogens with zero attached hydrogens (tertiary/aromatic N) is 4. The second kappa shape index (κ2) is 7.23. The van der Waals surface area contributed by atoms with E-state index in [-0.39, 0.29) is 24.0 Å². The summed E-state index contributed by atoms with van der Waals surface area (Å²) in [6.07, 6.45) is 5.76. The SMILES string of the molecule is C[N+](C)(C)Cc1cn(-c2ccccc2)nc1-c1ccncc1.[I-]. The molecule has 0 aliphatic heterocycles.